The lowest BCUT2D eigenvalue weighted by atomic mass is 9.73. The lowest BCUT2D eigenvalue weighted by molar-refractivity contribution is 0.428. The van der Waals surface area contributed by atoms with Crippen molar-refractivity contribution in [1.82, 2.24) is 0 Å². The molecule has 1 aliphatic rings. The second-order valence-corrected chi connectivity index (χ2v) is 8.60. The van der Waals surface area contributed by atoms with E-state index in [0.29, 0.717) is 17.6 Å². The molecule has 4 rings (SSSR count). The highest BCUT2D eigenvalue weighted by molar-refractivity contribution is 5.54. The topological polar surface area (TPSA) is 20.2 Å². The van der Waals surface area contributed by atoms with Crippen LogP contribution in [0.1, 0.15) is 91.5 Å². The maximum absolute atomic E-state index is 11.0. The van der Waals surface area contributed by atoms with Gasteiger partial charge in [-0.3, -0.25) is 0 Å². The molecule has 2 atom stereocenters. The minimum atomic E-state index is 0.177. The van der Waals surface area contributed by atoms with Crippen molar-refractivity contribution in [3.63, 3.8) is 0 Å². The van der Waals surface area contributed by atoms with Gasteiger partial charge in [0.05, 0.1) is 0 Å². The Kier molecular flexibility index (Phi) is 6.04. The van der Waals surface area contributed by atoms with Gasteiger partial charge in [0.15, 0.2) is 0 Å². The minimum Gasteiger partial charge on any atom is -0.508 e. The molecular formula is C28H32O. The number of phenolic OH excluding ortho intramolecular Hbond substituents is 1. The molecule has 0 amide bonds. The molecule has 0 saturated heterocycles. The van der Waals surface area contributed by atoms with Gasteiger partial charge < -0.3 is 5.11 Å². The van der Waals surface area contributed by atoms with Crippen LogP contribution >= 0.6 is 0 Å². The van der Waals surface area contributed by atoms with E-state index in [-0.39, 0.29) is 5.92 Å². The molecule has 1 fully saturated rings. The third kappa shape index (κ3) is 4.10. The summed E-state index contributed by atoms with van der Waals surface area (Å²) in [5, 5.41) is 11.0. The molecule has 3 aromatic carbocycles. The van der Waals surface area contributed by atoms with Crippen LogP contribution in [-0.2, 0) is 0 Å². The van der Waals surface area contributed by atoms with Crippen LogP contribution in [0.25, 0.3) is 0 Å². The quantitative estimate of drug-likeness (QED) is 0.477. The van der Waals surface area contributed by atoms with E-state index >= 15 is 0 Å². The molecule has 1 nitrogen and oxygen atoms in total. The molecule has 2 unspecified atom stereocenters. The summed E-state index contributed by atoms with van der Waals surface area (Å²) in [4.78, 5) is 0. The zero-order chi connectivity index (χ0) is 20.2. The Balaban J connectivity index is 1.87. The molecule has 1 heteroatoms. The van der Waals surface area contributed by atoms with Crippen molar-refractivity contribution in [1.29, 1.82) is 0 Å². The fourth-order valence-electron chi connectivity index (χ4n) is 5.15. The van der Waals surface area contributed by atoms with Crippen LogP contribution in [0.15, 0.2) is 72.8 Å². The monoisotopic (exact) mass is 384 g/mol. The highest BCUT2D eigenvalue weighted by atomic mass is 16.3. The first kappa shape index (κ1) is 19.8. The zero-order valence-corrected chi connectivity index (χ0v) is 17.6. The molecule has 1 saturated carbocycles. The van der Waals surface area contributed by atoms with E-state index in [2.05, 4.69) is 80.6 Å². The Morgan fingerprint density at radius 3 is 1.83 bits per heavy atom. The molecule has 0 bridgehead atoms. The fraction of sp³-hybridized carbons (Fsp3) is 0.357. The Bertz CT molecular complexity index is 923. The lowest BCUT2D eigenvalue weighted by Crippen LogP contribution is -2.14. The summed E-state index contributed by atoms with van der Waals surface area (Å²) in [5.41, 5.74) is 6.55. The smallest absolute Gasteiger partial charge is 0.119 e. The number of aromatic hydroxyl groups is 1. The Hall–Kier alpha value is -2.54. The second-order valence-electron chi connectivity index (χ2n) is 8.60. The van der Waals surface area contributed by atoms with Crippen molar-refractivity contribution >= 4 is 0 Å². The summed E-state index contributed by atoms with van der Waals surface area (Å²) in [7, 11) is 0. The van der Waals surface area contributed by atoms with Crippen molar-refractivity contribution in [3.05, 3.63) is 101 Å². The zero-order valence-electron chi connectivity index (χ0n) is 17.6. The van der Waals surface area contributed by atoms with Gasteiger partial charge in [-0.2, -0.15) is 0 Å². The maximum Gasteiger partial charge on any atom is 0.119 e. The highest BCUT2D eigenvalue weighted by Crippen LogP contribution is 2.46. The Morgan fingerprint density at radius 2 is 1.24 bits per heavy atom. The lowest BCUT2D eigenvalue weighted by Gasteiger charge is -2.31. The second kappa shape index (κ2) is 8.86. The molecule has 3 aromatic rings. The van der Waals surface area contributed by atoms with Crippen LogP contribution in [-0.4, -0.2) is 5.11 Å². The fourth-order valence-corrected chi connectivity index (χ4v) is 5.15. The third-order valence-corrected chi connectivity index (χ3v) is 6.81. The number of hydrogen-bond acceptors (Lipinski definition) is 1. The summed E-state index contributed by atoms with van der Waals surface area (Å²) in [6.07, 6.45) is 6.37. The summed E-state index contributed by atoms with van der Waals surface area (Å²) < 4.78 is 0. The molecule has 29 heavy (non-hydrogen) atoms. The number of phenols is 1. The van der Waals surface area contributed by atoms with Gasteiger partial charge in [-0.15, -0.1) is 0 Å². The summed E-state index contributed by atoms with van der Waals surface area (Å²) in [5.74, 6) is 1.48. The van der Waals surface area contributed by atoms with Gasteiger partial charge in [-0.25, -0.2) is 0 Å². The van der Waals surface area contributed by atoms with E-state index in [0.717, 1.165) is 5.56 Å². The minimum absolute atomic E-state index is 0.177. The molecular weight excluding hydrogens is 352 g/mol. The van der Waals surface area contributed by atoms with Gasteiger partial charge in [0.25, 0.3) is 0 Å². The van der Waals surface area contributed by atoms with E-state index in [4.69, 9.17) is 0 Å². The van der Waals surface area contributed by atoms with Crippen molar-refractivity contribution < 1.29 is 5.11 Å². The SMILES string of the molecule is CC(c1ccccc1)c1ccc(O)c(C(C)c2ccccc2)c1C1CCCCC1. The maximum atomic E-state index is 11.0. The summed E-state index contributed by atoms with van der Waals surface area (Å²) >= 11 is 0. The van der Waals surface area contributed by atoms with E-state index in [1.54, 1.807) is 0 Å². The van der Waals surface area contributed by atoms with Crippen molar-refractivity contribution in [2.75, 3.05) is 0 Å². The van der Waals surface area contributed by atoms with E-state index in [9.17, 15) is 5.11 Å². The van der Waals surface area contributed by atoms with Crippen LogP contribution in [0.3, 0.4) is 0 Å². The standard InChI is InChI=1S/C28H32O/c1-20(22-12-6-3-7-13-22)25-18-19-26(29)27(21(2)23-14-8-4-9-15-23)28(25)24-16-10-5-11-17-24/h3-4,6-9,12-15,18-21,24,29H,5,10-11,16-17H2,1-2H3. The van der Waals surface area contributed by atoms with Crippen LogP contribution < -0.4 is 0 Å². The van der Waals surface area contributed by atoms with E-state index in [1.807, 2.05) is 6.07 Å². The van der Waals surface area contributed by atoms with Crippen LogP contribution in [0.5, 0.6) is 5.75 Å². The summed E-state index contributed by atoms with van der Waals surface area (Å²) in [6.45, 7) is 4.55. The molecule has 1 aliphatic carbocycles. The van der Waals surface area contributed by atoms with Gasteiger partial charge >= 0.3 is 0 Å². The predicted molar refractivity (Wildman–Crippen MR) is 122 cm³/mol. The molecule has 150 valence electrons. The first-order valence-electron chi connectivity index (χ1n) is 11.1. The molecule has 0 radical (unpaired) electrons. The normalized spacial score (nSPS) is 17.0. The van der Waals surface area contributed by atoms with Crippen LogP contribution in [0.2, 0.25) is 0 Å². The average molecular weight is 385 g/mol. The molecule has 0 aliphatic heterocycles. The first-order valence-corrected chi connectivity index (χ1v) is 11.1. The summed E-state index contributed by atoms with van der Waals surface area (Å²) in [6, 6.07) is 25.5. The molecule has 0 aromatic heterocycles. The van der Waals surface area contributed by atoms with Crippen molar-refractivity contribution in [3.8, 4) is 5.75 Å². The van der Waals surface area contributed by atoms with Gasteiger partial charge in [0, 0.05) is 17.4 Å². The first-order chi connectivity index (χ1) is 14.2. The Labute approximate surface area is 175 Å². The molecule has 0 spiro atoms. The Morgan fingerprint density at radius 1 is 0.690 bits per heavy atom. The third-order valence-electron chi connectivity index (χ3n) is 6.81. The number of benzene rings is 3. The van der Waals surface area contributed by atoms with E-state index in [1.165, 1.54) is 54.4 Å². The van der Waals surface area contributed by atoms with Crippen LogP contribution in [0, 0.1) is 0 Å². The number of rotatable bonds is 5. The average Bonchev–Trinajstić information content (AvgIpc) is 2.79. The van der Waals surface area contributed by atoms with Gasteiger partial charge in [0.2, 0.25) is 0 Å². The van der Waals surface area contributed by atoms with Gasteiger partial charge in [0.1, 0.15) is 5.75 Å². The van der Waals surface area contributed by atoms with Crippen molar-refractivity contribution in [2.24, 2.45) is 0 Å². The van der Waals surface area contributed by atoms with Gasteiger partial charge in [-0.05, 0) is 47.1 Å². The molecule has 1 N–H and O–H groups in total. The molecule has 0 heterocycles. The van der Waals surface area contributed by atoms with Crippen molar-refractivity contribution in [2.45, 2.75) is 63.7 Å². The number of hydrogen-bond donors (Lipinski definition) is 1. The van der Waals surface area contributed by atoms with Crippen LogP contribution in [0.4, 0.5) is 0 Å². The van der Waals surface area contributed by atoms with E-state index < -0.39 is 0 Å². The predicted octanol–water partition coefficient (Wildman–Crippen LogP) is 7.74. The van der Waals surface area contributed by atoms with Gasteiger partial charge in [-0.1, -0.05) is 99.8 Å². The largest absolute Gasteiger partial charge is 0.508 e. The highest BCUT2D eigenvalue weighted by Gasteiger charge is 2.28.